The number of carbonyl (C=O) groups excluding carboxylic acids is 1. The maximum Gasteiger partial charge on any atom is 0.237 e. The van der Waals surface area contributed by atoms with Crippen LogP contribution in [-0.2, 0) is 14.6 Å². The van der Waals surface area contributed by atoms with Crippen LogP contribution < -0.4 is 10.6 Å². The molecular weight excluding hydrogens is 264 g/mol. The Kier molecular flexibility index (Phi) is 7.04. The van der Waals surface area contributed by atoms with Gasteiger partial charge in [-0.1, -0.05) is 6.42 Å². The molecule has 0 radical (unpaired) electrons. The molecule has 0 saturated carbocycles. The van der Waals surface area contributed by atoms with E-state index in [-0.39, 0.29) is 36.2 Å². The Morgan fingerprint density at radius 1 is 1.47 bits per heavy atom. The second kappa shape index (κ2) is 7.18. The van der Waals surface area contributed by atoms with Crippen molar-refractivity contribution in [2.45, 2.75) is 38.3 Å². The van der Waals surface area contributed by atoms with Crippen molar-refractivity contribution in [1.82, 2.24) is 10.6 Å². The Bertz CT molecular complexity index is 339. The van der Waals surface area contributed by atoms with Crippen LogP contribution >= 0.6 is 12.4 Å². The molecule has 2 N–H and O–H groups in total. The van der Waals surface area contributed by atoms with Crippen LogP contribution in [0.15, 0.2) is 0 Å². The molecule has 7 heteroatoms. The SMILES string of the molecule is CC(CS(C)(=O)=O)NC(=O)[C@H]1CCCCN1.Cl. The second-order valence-corrected chi connectivity index (χ2v) is 6.69. The van der Waals surface area contributed by atoms with Gasteiger partial charge in [-0.05, 0) is 26.3 Å². The van der Waals surface area contributed by atoms with Crippen molar-refractivity contribution in [3.8, 4) is 0 Å². The third-order valence-electron chi connectivity index (χ3n) is 2.57. The summed E-state index contributed by atoms with van der Waals surface area (Å²) in [5.74, 6) is -0.0956. The van der Waals surface area contributed by atoms with Crippen molar-refractivity contribution in [2.75, 3.05) is 18.6 Å². The van der Waals surface area contributed by atoms with Crippen LogP contribution in [0.5, 0.6) is 0 Å². The van der Waals surface area contributed by atoms with Gasteiger partial charge < -0.3 is 10.6 Å². The number of nitrogens with one attached hydrogen (secondary N) is 2. The molecule has 1 rings (SSSR count). The first kappa shape index (κ1) is 16.7. The average molecular weight is 285 g/mol. The summed E-state index contributed by atoms with van der Waals surface area (Å²) >= 11 is 0. The number of halogens is 1. The van der Waals surface area contributed by atoms with E-state index in [2.05, 4.69) is 10.6 Å². The quantitative estimate of drug-likeness (QED) is 0.768. The lowest BCUT2D eigenvalue weighted by Crippen LogP contribution is -2.50. The van der Waals surface area contributed by atoms with Gasteiger partial charge >= 0.3 is 0 Å². The fourth-order valence-electron chi connectivity index (χ4n) is 1.91. The van der Waals surface area contributed by atoms with Gasteiger partial charge in [0, 0.05) is 12.3 Å². The summed E-state index contributed by atoms with van der Waals surface area (Å²) < 4.78 is 22.1. The molecule has 1 aliphatic heterocycles. The zero-order valence-electron chi connectivity index (χ0n) is 10.2. The molecule has 0 spiro atoms. The molecule has 0 aromatic carbocycles. The first-order valence-corrected chi connectivity index (χ1v) is 7.66. The van der Waals surface area contributed by atoms with Crippen LogP contribution in [0.25, 0.3) is 0 Å². The molecule has 0 bridgehead atoms. The van der Waals surface area contributed by atoms with Crippen LogP contribution in [0.4, 0.5) is 0 Å². The van der Waals surface area contributed by atoms with Crippen LogP contribution in [0, 0.1) is 0 Å². The van der Waals surface area contributed by atoms with Gasteiger partial charge in [-0.15, -0.1) is 12.4 Å². The van der Waals surface area contributed by atoms with Gasteiger partial charge in [-0.2, -0.15) is 0 Å². The van der Waals surface area contributed by atoms with Gasteiger partial charge in [-0.25, -0.2) is 8.42 Å². The molecule has 5 nitrogen and oxygen atoms in total. The van der Waals surface area contributed by atoms with Gasteiger partial charge in [-0.3, -0.25) is 4.79 Å². The first-order chi connectivity index (χ1) is 7.38. The highest BCUT2D eigenvalue weighted by atomic mass is 35.5. The highest BCUT2D eigenvalue weighted by Crippen LogP contribution is 2.07. The van der Waals surface area contributed by atoms with Crippen molar-refractivity contribution in [3.05, 3.63) is 0 Å². The zero-order chi connectivity index (χ0) is 12.2. The Hall–Kier alpha value is -0.330. The van der Waals surface area contributed by atoms with Crippen LogP contribution in [0.1, 0.15) is 26.2 Å². The smallest absolute Gasteiger partial charge is 0.237 e. The molecule has 0 aliphatic carbocycles. The second-order valence-electron chi connectivity index (χ2n) is 4.50. The molecule has 1 aliphatic rings. The topological polar surface area (TPSA) is 75.3 Å². The maximum absolute atomic E-state index is 11.7. The normalized spacial score (nSPS) is 22.4. The van der Waals surface area contributed by atoms with E-state index in [0.29, 0.717) is 0 Å². The Balaban J connectivity index is 0.00000256. The lowest BCUT2D eigenvalue weighted by atomic mass is 10.0. The standard InChI is InChI=1S/C10H20N2O3S.ClH/c1-8(7-16(2,14)15)12-10(13)9-5-3-4-6-11-9;/h8-9,11H,3-7H2,1-2H3,(H,12,13);1H/t8?,9-;/m1./s1. The molecule has 102 valence electrons. The molecule has 1 amide bonds. The van der Waals surface area contributed by atoms with E-state index in [1.54, 1.807) is 6.92 Å². The summed E-state index contributed by atoms with van der Waals surface area (Å²) in [7, 11) is -3.03. The zero-order valence-corrected chi connectivity index (χ0v) is 11.9. The summed E-state index contributed by atoms with van der Waals surface area (Å²) in [6.45, 7) is 2.57. The van der Waals surface area contributed by atoms with Crippen LogP contribution in [0.2, 0.25) is 0 Å². The predicted molar refractivity (Wildman–Crippen MR) is 70.2 cm³/mol. The first-order valence-electron chi connectivity index (χ1n) is 5.60. The minimum absolute atomic E-state index is 0. The van der Waals surface area contributed by atoms with Crippen LogP contribution in [0.3, 0.4) is 0 Å². The number of hydrogen-bond donors (Lipinski definition) is 2. The van der Waals surface area contributed by atoms with Crippen molar-refractivity contribution in [1.29, 1.82) is 0 Å². The maximum atomic E-state index is 11.7. The van der Waals surface area contributed by atoms with E-state index in [0.717, 1.165) is 25.8 Å². The Morgan fingerprint density at radius 3 is 2.59 bits per heavy atom. The minimum atomic E-state index is -3.03. The molecular formula is C10H21ClN2O3S. The Morgan fingerprint density at radius 2 is 2.12 bits per heavy atom. The molecule has 0 aromatic rings. The summed E-state index contributed by atoms with van der Waals surface area (Å²) in [5, 5.41) is 5.85. The highest BCUT2D eigenvalue weighted by Gasteiger charge is 2.22. The molecule has 0 aromatic heterocycles. The lowest BCUT2D eigenvalue weighted by Gasteiger charge is -2.24. The number of rotatable bonds is 4. The van der Waals surface area contributed by atoms with E-state index in [1.807, 2.05) is 0 Å². The number of amides is 1. The predicted octanol–water partition coefficient (Wildman–Crippen LogP) is 0.0996. The third-order valence-corrected chi connectivity index (χ3v) is 3.67. The molecule has 1 unspecified atom stereocenters. The van der Waals surface area contributed by atoms with E-state index in [4.69, 9.17) is 0 Å². The van der Waals surface area contributed by atoms with Crippen molar-refractivity contribution in [2.24, 2.45) is 0 Å². The third kappa shape index (κ3) is 6.85. The molecule has 2 atom stereocenters. The number of carbonyl (C=O) groups is 1. The van der Waals surface area contributed by atoms with Gasteiger partial charge in [0.05, 0.1) is 11.8 Å². The van der Waals surface area contributed by atoms with Gasteiger partial charge in [0.25, 0.3) is 0 Å². The fourth-order valence-corrected chi connectivity index (χ4v) is 2.91. The number of piperidine rings is 1. The monoisotopic (exact) mass is 284 g/mol. The minimum Gasteiger partial charge on any atom is -0.351 e. The van der Waals surface area contributed by atoms with Crippen molar-refractivity contribution in [3.63, 3.8) is 0 Å². The average Bonchev–Trinajstić information content (AvgIpc) is 2.16. The largest absolute Gasteiger partial charge is 0.351 e. The summed E-state index contributed by atoms with van der Waals surface area (Å²) in [5.41, 5.74) is 0. The molecule has 1 fully saturated rings. The van der Waals surface area contributed by atoms with Gasteiger partial charge in [0.15, 0.2) is 0 Å². The van der Waals surface area contributed by atoms with Gasteiger partial charge in [0.1, 0.15) is 9.84 Å². The molecule has 17 heavy (non-hydrogen) atoms. The summed E-state index contributed by atoms with van der Waals surface area (Å²) in [4.78, 5) is 11.7. The van der Waals surface area contributed by atoms with E-state index in [1.165, 1.54) is 6.26 Å². The van der Waals surface area contributed by atoms with Crippen LogP contribution in [-0.4, -0.2) is 45.0 Å². The van der Waals surface area contributed by atoms with E-state index in [9.17, 15) is 13.2 Å². The lowest BCUT2D eigenvalue weighted by molar-refractivity contribution is -0.124. The number of sulfone groups is 1. The van der Waals surface area contributed by atoms with E-state index >= 15 is 0 Å². The highest BCUT2D eigenvalue weighted by molar-refractivity contribution is 7.90. The van der Waals surface area contributed by atoms with Crippen molar-refractivity contribution >= 4 is 28.2 Å². The molecule has 1 saturated heterocycles. The summed E-state index contributed by atoms with van der Waals surface area (Å²) in [6, 6.07) is -0.484. The van der Waals surface area contributed by atoms with E-state index < -0.39 is 9.84 Å². The van der Waals surface area contributed by atoms with Crippen molar-refractivity contribution < 1.29 is 13.2 Å². The molecule has 1 heterocycles. The Labute approximate surface area is 109 Å². The summed E-state index contributed by atoms with van der Waals surface area (Å²) in [6.07, 6.45) is 4.15. The van der Waals surface area contributed by atoms with Gasteiger partial charge in [0.2, 0.25) is 5.91 Å². The number of hydrogen-bond acceptors (Lipinski definition) is 4. The fraction of sp³-hybridized carbons (Fsp3) is 0.900.